The van der Waals surface area contributed by atoms with Crippen LogP contribution in [-0.4, -0.2) is 12.6 Å². The number of fused-ring (bicyclic) bond motifs is 1. The van der Waals surface area contributed by atoms with Gasteiger partial charge in [0.1, 0.15) is 6.04 Å². The first-order valence-corrected chi connectivity index (χ1v) is 3.89. The molecular weight excluding hydrogens is 150 g/mol. The van der Waals surface area contributed by atoms with Gasteiger partial charge < -0.3 is 10.6 Å². The highest BCUT2D eigenvalue weighted by molar-refractivity contribution is 5.71. The summed E-state index contributed by atoms with van der Waals surface area (Å²) < 4.78 is 0. The molecule has 2 rings (SSSR count). The lowest BCUT2D eigenvalue weighted by Crippen LogP contribution is -2.31. The fourth-order valence-electron chi connectivity index (χ4n) is 1.29. The van der Waals surface area contributed by atoms with Crippen LogP contribution in [0.1, 0.15) is 0 Å². The van der Waals surface area contributed by atoms with E-state index in [4.69, 9.17) is 5.26 Å². The van der Waals surface area contributed by atoms with Gasteiger partial charge in [-0.1, -0.05) is 12.1 Å². The highest BCUT2D eigenvalue weighted by Crippen LogP contribution is 2.24. The zero-order chi connectivity index (χ0) is 8.39. The van der Waals surface area contributed by atoms with Crippen LogP contribution in [0.25, 0.3) is 0 Å². The SMILES string of the molecule is N#CC1CNc2ccccc2N1. The van der Waals surface area contributed by atoms with Crippen molar-refractivity contribution in [1.82, 2.24) is 0 Å². The number of benzene rings is 1. The molecule has 60 valence electrons. The Bertz CT molecular complexity index is 327. The highest BCUT2D eigenvalue weighted by Gasteiger charge is 2.14. The van der Waals surface area contributed by atoms with Gasteiger partial charge in [0, 0.05) is 6.54 Å². The van der Waals surface area contributed by atoms with Crippen LogP contribution in [0.2, 0.25) is 0 Å². The average molecular weight is 159 g/mol. The highest BCUT2D eigenvalue weighted by atomic mass is 15.1. The van der Waals surface area contributed by atoms with Crippen molar-refractivity contribution in [2.75, 3.05) is 17.2 Å². The van der Waals surface area contributed by atoms with Gasteiger partial charge in [-0.2, -0.15) is 5.26 Å². The molecule has 1 unspecified atom stereocenters. The summed E-state index contributed by atoms with van der Waals surface area (Å²) in [6.45, 7) is 0.674. The standard InChI is InChI=1S/C9H9N3/c10-5-7-6-11-8-3-1-2-4-9(8)12-7/h1-4,7,11-12H,6H2. The van der Waals surface area contributed by atoms with Crippen LogP contribution in [0.3, 0.4) is 0 Å². The molecule has 0 saturated heterocycles. The molecule has 2 N–H and O–H groups in total. The maximum Gasteiger partial charge on any atom is 0.132 e. The molecule has 0 aliphatic carbocycles. The number of nitriles is 1. The lowest BCUT2D eigenvalue weighted by molar-refractivity contribution is 0.905. The molecule has 0 spiro atoms. The van der Waals surface area contributed by atoms with E-state index in [1.807, 2.05) is 24.3 Å². The van der Waals surface area contributed by atoms with Crippen LogP contribution >= 0.6 is 0 Å². The normalized spacial score (nSPS) is 19.8. The van der Waals surface area contributed by atoms with Gasteiger partial charge in [-0.25, -0.2) is 0 Å². The molecule has 0 amide bonds. The van der Waals surface area contributed by atoms with Crippen molar-refractivity contribution in [2.24, 2.45) is 0 Å². The summed E-state index contributed by atoms with van der Waals surface area (Å²) in [6, 6.07) is 9.94. The summed E-state index contributed by atoms with van der Waals surface area (Å²) in [5.74, 6) is 0. The van der Waals surface area contributed by atoms with Crippen molar-refractivity contribution < 1.29 is 0 Å². The van der Waals surface area contributed by atoms with Gasteiger partial charge in [-0.05, 0) is 12.1 Å². The number of anilines is 2. The van der Waals surface area contributed by atoms with Crippen LogP contribution < -0.4 is 10.6 Å². The minimum atomic E-state index is -0.111. The second kappa shape index (κ2) is 2.74. The number of para-hydroxylation sites is 2. The summed E-state index contributed by atoms with van der Waals surface area (Å²) >= 11 is 0. The van der Waals surface area contributed by atoms with E-state index in [1.54, 1.807) is 0 Å². The van der Waals surface area contributed by atoms with Gasteiger partial charge in [-0.15, -0.1) is 0 Å². The van der Waals surface area contributed by atoms with Gasteiger partial charge in [0.15, 0.2) is 0 Å². The van der Waals surface area contributed by atoms with E-state index in [-0.39, 0.29) is 6.04 Å². The molecule has 1 aromatic rings. The predicted octanol–water partition coefficient (Wildman–Crippen LogP) is 1.42. The first kappa shape index (κ1) is 6.99. The van der Waals surface area contributed by atoms with E-state index in [0.717, 1.165) is 11.4 Å². The molecule has 0 aromatic heterocycles. The van der Waals surface area contributed by atoms with Crippen LogP contribution in [0.5, 0.6) is 0 Å². The number of rotatable bonds is 0. The summed E-state index contributed by atoms with van der Waals surface area (Å²) in [4.78, 5) is 0. The Hall–Kier alpha value is -1.69. The summed E-state index contributed by atoms with van der Waals surface area (Å²) in [6.07, 6.45) is 0. The molecule has 0 bridgehead atoms. The third-order valence-corrected chi connectivity index (χ3v) is 1.91. The first-order chi connectivity index (χ1) is 5.90. The van der Waals surface area contributed by atoms with Gasteiger partial charge in [0.25, 0.3) is 0 Å². The van der Waals surface area contributed by atoms with Crippen molar-refractivity contribution in [3.05, 3.63) is 24.3 Å². The van der Waals surface area contributed by atoms with Gasteiger partial charge >= 0.3 is 0 Å². The lowest BCUT2D eigenvalue weighted by Gasteiger charge is -2.23. The fraction of sp³-hybridized carbons (Fsp3) is 0.222. The van der Waals surface area contributed by atoms with Crippen LogP contribution in [0, 0.1) is 11.3 Å². The monoisotopic (exact) mass is 159 g/mol. The quantitative estimate of drug-likeness (QED) is 0.601. The fourth-order valence-corrected chi connectivity index (χ4v) is 1.29. The zero-order valence-corrected chi connectivity index (χ0v) is 6.54. The molecule has 0 saturated carbocycles. The van der Waals surface area contributed by atoms with E-state index in [2.05, 4.69) is 16.7 Å². The number of hydrogen-bond acceptors (Lipinski definition) is 3. The Labute approximate surface area is 71.0 Å². The molecule has 1 aromatic carbocycles. The summed E-state index contributed by atoms with van der Waals surface area (Å²) in [5, 5.41) is 15.0. The topological polar surface area (TPSA) is 47.9 Å². The third kappa shape index (κ3) is 1.08. The summed E-state index contributed by atoms with van der Waals surface area (Å²) in [5.41, 5.74) is 2.08. The van der Waals surface area contributed by atoms with E-state index in [9.17, 15) is 0 Å². The van der Waals surface area contributed by atoms with E-state index in [1.165, 1.54) is 0 Å². The minimum absolute atomic E-state index is 0.111. The van der Waals surface area contributed by atoms with Crippen LogP contribution in [0.4, 0.5) is 11.4 Å². The largest absolute Gasteiger partial charge is 0.380 e. The molecule has 1 aliphatic heterocycles. The molecule has 0 radical (unpaired) electrons. The molecule has 3 nitrogen and oxygen atoms in total. The Morgan fingerprint density at radius 2 is 2.08 bits per heavy atom. The second-order valence-electron chi connectivity index (χ2n) is 2.75. The molecule has 1 heterocycles. The number of nitrogens with one attached hydrogen (secondary N) is 2. The van der Waals surface area contributed by atoms with Gasteiger partial charge in [0.05, 0.1) is 17.4 Å². The van der Waals surface area contributed by atoms with Gasteiger partial charge in [0.2, 0.25) is 0 Å². The van der Waals surface area contributed by atoms with Crippen LogP contribution in [0.15, 0.2) is 24.3 Å². The maximum absolute atomic E-state index is 8.66. The molecular formula is C9H9N3. The third-order valence-electron chi connectivity index (χ3n) is 1.91. The number of nitrogens with zero attached hydrogens (tertiary/aromatic N) is 1. The lowest BCUT2D eigenvalue weighted by atomic mass is 10.2. The molecule has 12 heavy (non-hydrogen) atoms. The molecule has 1 atom stereocenters. The van der Waals surface area contributed by atoms with Crippen molar-refractivity contribution in [3.63, 3.8) is 0 Å². The molecule has 1 aliphatic rings. The Balaban J connectivity index is 2.30. The van der Waals surface area contributed by atoms with E-state index >= 15 is 0 Å². The van der Waals surface area contributed by atoms with Crippen molar-refractivity contribution >= 4 is 11.4 Å². The van der Waals surface area contributed by atoms with E-state index in [0.29, 0.717) is 6.54 Å². The Morgan fingerprint density at radius 1 is 1.33 bits per heavy atom. The average Bonchev–Trinajstić information content (AvgIpc) is 2.17. The predicted molar refractivity (Wildman–Crippen MR) is 48.0 cm³/mol. The first-order valence-electron chi connectivity index (χ1n) is 3.89. The molecule has 3 heteroatoms. The summed E-state index contributed by atoms with van der Waals surface area (Å²) in [7, 11) is 0. The zero-order valence-electron chi connectivity index (χ0n) is 6.54. The van der Waals surface area contributed by atoms with Gasteiger partial charge in [-0.3, -0.25) is 0 Å². The Kier molecular flexibility index (Phi) is 1.60. The number of hydrogen-bond donors (Lipinski definition) is 2. The maximum atomic E-state index is 8.66. The van der Waals surface area contributed by atoms with Crippen molar-refractivity contribution in [3.8, 4) is 6.07 Å². The Morgan fingerprint density at radius 3 is 2.83 bits per heavy atom. The van der Waals surface area contributed by atoms with Crippen molar-refractivity contribution in [1.29, 1.82) is 5.26 Å². The van der Waals surface area contributed by atoms with Crippen LogP contribution in [-0.2, 0) is 0 Å². The minimum Gasteiger partial charge on any atom is -0.380 e. The second-order valence-corrected chi connectivity index (χ2v) is 2.75. The smallest absolute Gasteiger partial charge is 0.132 e. The molecule has 0 fully saturated rings. The van der Waals surface area contributed by atoms with E-state index < -0.39 is 0 Å². The van der Waals surface area contributed by atoms with Crippen molar-refractivity contribution in [2.45, 2.75) is 6.04 Å².